The molecule has 0 bridgehead atoms. The van der Waals surface area contributed by atoms with Crippen molar-refractivity contribution in [1.29, 1.82) is 0 Å². The lowest BCUT2D eigenvalue weighted by Crippen LogP contribution is -2.29. The maximum absolute atomic E-state index is 13.5. The number of ether oxygens (including phenoxy) is 1. The van der Waals surface area contributed by atoms with Crippen molar-refractivity contribution in [2.24, 2.45) is 0 Å². The largest absolute Gasteiger partial charge is 0.507 e. The van der Waals surface area contributed by atoms with E-state index in [4.69, 9.17) is 4.74 Å². The maximum atomic E-state index is 13.5. The number of amides is 1. The highest BCUT2D eigenvalue weighted by Gasteiger charge is 2.46. The first-order chi connectivity index (χ1) is 18.0. The van der Waals surface area contributed by atoms with E-state index in [1.54, 1.807) is 24.5 Å². The molecule has 7 nitrogen and oxygen atoms in total. The smallest absolute Gasteiger partial charge is 0.295 e. The molecule has 1 aliphatic heterocycles. The topological polar surface area (TPSA) is 83.0 Å². The Morgan fingerprint density at radius 2 is 1.79 bits per heavy atom. The van der Waals surface area contributed by atoms with E-state index >= 15 is 0 Å². The summed E-state index contributed by atoms with van der Waals surface area (Å²) < 4.78 is 5.83. The highest BCUT2D eigenvalue weighted by atomic mass is 16.5. The lowest BCUT2D eigenvalue weighted by molar-refractivity contribution is -0.140. The van der Waals surface area contributed by atoms with Crippen LogP contribution in [0.2, 0.25) is 0 Å². The molecule has 0 aliphatic carbocycles. The fraction of sp³-hybridized carbons (Fsp3) is 0.323. The van der Waals surface area contributed by atoms with E-state index in [-0.39, 0.29) is 23.3 Å². The Morgan fingerprint density at radius 1 is 1.08 bits per heavy atom. The molecule has 4 rings (SSSR count). The van der Waals surface area contributed by atoms with E-state index in [0.29, 0.717) is 12.2 Å². The molecule has 7 heteroatoms. The third kappa shape index (κ3) is 5.28. The molecular formula is C31H35N3O4. The summed E-state index contributed by atoms with van der Waals surface area (Å²) in [4.78, 5) is 34.5. The first-order valence-electron chi connectivity index (χ1n) is 12.7. The van der Waals surface area contributed by atoms with Crippen molar-refractivity contribution in [3.8, 4) is 5.75 Å². The zero-order valence-electron chi connectivity index (χ0n) is 22.9. The van der Waals surface area contributed by atoms with Gasteiger partial charge in [0.25, 0.3) is 11.7 Å². The van der Waals surface area contributed by atoms with Crippen LogP contribution in [-0.2, 0) is 21.5 Å². The van der Waals surface area contributed by atoms with Crippen LogP contribution in [0.15, 0.2) is 72.6 Å². The van der Waals surface area contributed by atoms with Crippen LogP contribution < -0.4 is 9.64 Å². The van der Waals surface area contributed by atoms with Crippen molar-refractivity contribution in [2.75, 3.05) is 25.6 Å². The number of aliphatic hydroxyl groups is 1. The highest BCUT2D eigenvalue weighted by molar-refractivity contribution is 6.46. The molecule has 1 aliphatic rings. The number of pyridine rings is 1. The maximum Gasteiger partial charge on any atom is 0.295 e. The van der Waals surface area contributed by atoms with Crippen molar-refractivity contribution < 1.29 is 19.4 Å². The zero-order chi connectivity index (χ0) is 27.6. The van der Waals surface area contributed by atoms with Gasteiger partial charge in [-0.2, -0.15) is 0 Å². The van der Waals surface area contributed by atoms with Crippen LogP contribution in [0.4, 0.5) is 5.69 Å². The van der Waals surface area contributed by atoms with E-state index < -0.39 is 17.7 Å². The van der Waals surface area contributed by atoms with Gasteiger partial charge in [-0.25, -0.2) is 0 Å². The minimum atomic E-state index is -0.754. The molecule has 2 heterocycles. The molecule has 1 fully saturated rings. The number of nitrogens with zero attached hydrogens (tertiary/aromatic N) is 3. The predicted octanol–water partition coefficient (Wildman–Crippen LogP) is 5.47. The molecule has 2 aromatic carbocycles. The number of likely N-dealkylation sites (tertiary alicyclic amines) is 1. The molecular weight excluding hydrogens is 478 g/mol. The number of hydrogen-bond acceptors (Lipinski definition) is 6. The number of carbonyl (C=O) groups excluding carboxylic acids is 2. The Labute approximate surface area is 224 Å². The van der Waals surface area contributed by atoms with E-state index in [1.807, 2.05) is 68.4 Å². The second-order valence-corrected chi connectivity index (χ2v) is 10.7. The van der Waals surface area contributed by atoms with Gasteiger partial charge in [0.05, 0.1) is 18.2 Å². The highest BCUT2D eigenvalue weighted by Crippen LogP contribution is 2.42. The summed E-state index contributed by atoms with van der Waals surface area (Å²) in [6, 6.07) is 16.0. The van der Waals surface area contributed by atoms with Gasteiger partial charge in [-0.05, 0) is 59.9 Å². The minimum Gasteiger partial charge on any atom is -0.507 e. The summed E-state index contributed by atoms with van der Waals surface area (Å²) in [7, 11) is 3.89. The van der Waals surface area contributed by atoms with Crippen LogP contribution in [-0.4, -0.2) is 47.4 Å². The van der Waals surface area contributed by atoms with E-state index in [9.17, 15) is 14.7 Å². The molecule has 3 aromatic rings. The van der Waals surface area contributed by atoms with Crippen molar-refractivity contribution in [3.05, 3.63) is 94.8 Å². The first kappa shape index (κ1) is 26.9. The molecule has 1 N–H and O–H groups in total. The zero-order valence-corrected chi connectivity index (χ0v) is 22.9. The van der Waals surface area contributed by atoms with Crippen LogP contribution in [0.3, 0.4) is 0 Å². The van der Waals surface area contributed by atoms with Crippen molar-refractivity contribution >= 4 is 23.1 Å². The Kier molecular flexibility index (Phi) is 7.58. The molecule has 38 heavy (non-hydrogen) atoms. The lowest BCUT2D eigenvalue weighted by Gasteiger charge is -2.26. The van der Waals surface area contributed by atoms with E-state index in [0.717, 1.165) is 28.1 Å². The van der Waals surface area contributed by atoms with Crippen molar-refractivity contribution in [1.82, 2.24) is 9.88 Å². The van der Waals surface area contributed by atoms with Crippen molar-refractivity contribution in [2.45, 2.75) is 45.7 Å². The summed E-state index contributed by atoms with van der Waals surface area (Å²) in [5, 5.41) is 11.6. The van der Waals surface area contributed by atoms with Gasteiger partial charge in [0.2, 0.25) is 0 Å². The second kappa shape index (κ2) is 10.7. The van der Waals surface area contributed by atoms with Gasteiger partial charge in [0.1, 0.15) is 11.5 Å². The lowest BCUT2D eigenvalue weighted by atomic mass is 9.84. The summed E-state index contributed by atoms with van der Waals surface area (Å²) >= 11 is 0. The van der Waals surface area contributed by atoms with Crippen LogP contribution in [0.25, 0.3) is 5.76 Å². The minimum absolute atomic E-state index is 0.0699. The average molecular weight is 514 g/mol. The number of aliphatic hydroxyl groups excluding tert-OH is 1. The van der Waals surface area contributed by atoms with Gasteiger partial charge in [-0.1, -0.05) is 39.0 Å². The van der Waals surface area contributed by atoms with E-state index in [1.165, 1.54) is 4.90 Å². The molecule has 0 spiro atoms. The Balaban J connectivity index is 1.88. The van der Waals surface area contributed by atoms with E-state index in [2.05, 4.69) is 25.8 Å². The number of carbonyl (C=O) groups is 2. The predicted molar refractivity (Wildman–Crippen MR) is 149 cm³/mol. The molecule has 1 amide bonds. The van der Waals surface area contributed by atoms with Crippen LogP contribution in [0, 0.1) is 0 Å². The number of anilines is 1. The first-order valence-corrected chi connectivity index (χ1v) is 12.7. The molecule has 1 saturated heterocycles. The monoisotopic (exact) mass is 513 g/mol. The normalized spacial score (nSPS) is 17.1. The van der Waals surface area contributed by atoms with Gasteiger partial charge in [-0.15, -0.1) is 0 Å². The number of ketones is 1. The van der Waals surface area contributed by atoms with Crippen LogP contribution in [0.1, 0.15) is 56.0 Å². The van der Waals surface area contributed by atoms with Gasteiger partial charge in [0, 0.05) is 49.8 Å². The van der Waals surface area contributed by atoms with Gasteiger partial charge >= 0.3 is 0 Å². The molecule has 1 aromatic heterocycles. The third-order valence-corrected chi connectivity index (χ3v) is 6.70. The number of benzene rings is 2. The summed E-state index contributed by atoms with van der Waals surface area (Å²) in [5.74, 6) is -0.838. The summed E-state index contributed by atoms with van der Waals surface area (Å²) in [6.07, 6.45) is 3.33. The quantitative estimate of drug-likeness (QED) is 0.256. The Bertz CT molecular complexity index is 1360. The van der Waals surface area contributed by atoms with Gasteiger partial charge < -0.3 is 19.6 Å². The molecule has 1 atom stereocenters. The van der Waals surface area contributed by atoms with Gasteiger partial charge in [0.15, 0.2) is 0 Å². The second-order valence-electron chi connectivity index (χ2n) is 10.7. The fourth-order valence-corrected chi connectivity index (χ4v) is 4.73. The number of rotatable bonds is 7. The standard InChI is InChI=1S/C31H35N3O4/c1-7-38-25-15-12-22(17-24(25)31(2,3)4)28(35)26-27(21-10-13-23(14-11-21)33(5)6)34(30(37)29(26)36)19-20-9-8-16-32-18-20/h8-18,27,35H,7,19H2,1-6H3/b28-26-. The molecule has 1 unspecified atom stereocenters. The van der Waals surface area contributed by atoms with Gasteiger partial charge in [-0.3, -0.25) is 14.6 Å². The SMILES string of the molecule is CCOc1ccc(/C(O)=C2/C(=O)C(=O)N(Cc3cccnc3)C2c2ccc(N(C)C)cc2)cc1C(C)(C)C. The molecule has 0 radical (unpaired) electrons. The number of Topliss-reactive ketones (excluding diaryl/α,β-unsaturated/α-hetero) is 1. The molecule has 0 saturated carbocycles. The van der Waals surface area contributed by atoms with Crippen LogP contribution in [0.5, 0.6) is 5.75 Å². The number of aromatic nitrogens is 1. The fourth-order valence-electron chi connectivity index (χ4n) is 4.73. The summed E-state index contributed by atoms with van der Waals surface area (Å²) in [6.45, 7) is 8.81. The third-order valence-electron chi connectivity index (χ3n) is 6.70. The Hall–Kier alpha value is -4.13. The number of hydrogen-bond donors (Lipinski definition) is 1. The van der Waals surface area contributed by atoms with Crippen molar-refractivity contribution in [3.63, 3.8) is 0 Å². The average Bonchev–Trinajstić information content (AvgIpc) is 3.13. The molecule has 198 valence electrons. The Morgan fingerprint density at radius 3 is 2.37 bits per heavy atom. The summed E-state index contributed by atoms with van der Waals surface area (Å²) in [5.41, 5.74) is 3.68. The van der Waals surface area contributed by atoms with Crippen LogP contribution >= 0.6 is 0 Å².